The number of carbonyl (C=O) groups excluding carboxylic acids is 1. The predicted octanol–water partition coefficient (Wildman–Crippen LogP) is 4.05. The number of hydrogen-bond donors (Lipinski definition) is 0. The second-order valence-corrected chi connectivity index (χ2v) is 6.32. The molecule has 0 atom stereocenters. The molecule has 0 aliphatic rings. The van der Waals surface area contributed by atoms with Gasteiger partial charge in [0, 0.05) is 13.6 Å². The van der Waals surface area contributed by atoms with E-state index in [1.807, 2.05) is 51.1 Å². The maximum Gasteiger partial charge on any atom is 0.260 e. The summed E-state index contributed by atoms with van der Waals surface area (Å²) in [6.45, 7) is 9.27. The minimum absolute atomic E-state index is 0.0390. The Bertz CT molecular complexity index is 723. The van der Waals surface area contributed by atoms with Crippen molar-refractivity contribution in [3.63, 3.8) is 0 Å². The fraction of sp³-hybridized carbons (Fsp3) is 0.381. The number of benzene rings is 2. The second kappa shape index (κ2) is 8.56. The average Bonchev–Trinajstić information content (AvgIpc) is 2.58. The van der Waals surface area contributed by atoms with Gasteiger partial charge in [-0.2, -0.15) is 0 Å². The number of ether oxygens (including phenoxy) is 2. The van der Waals surface area contributed by atoms with Crippen LogP contribution in [0.3, 0.4) is 0 Å². The highest BCUT2D eigenvalue weighted by molar-refractivity contribution is 5.77. The number of hydrogen-bond acceptors (Lipinski definition) is 3. The number of nitrogens with zero attached hydrogens (tertiary/aromatic N) is 1. The average molecular weight is 341 g/mol. The molecule has 0 aliphatic carbocycles. The molecule has 134 valence electrons. The van der Waals surface area contributed by atoms with E-state index in [2.05, 4.69) is 13.0 Å². The summed E-state index contributed by atoms with van der Waals surface area (Å²) < 4.78 is 11.2. The first-order chi connectivity index (χ1) is 11.9. The van der Waals surface area contributed by atoms with Crippen LogP contribution in [0.2, 0.25) is 0 Å². The van der Waals surface area contributed by atoms with Crippen LogP contribution in [0, 0.1) is 20.8 Å². The van der Waals surface area contributed by atoms with Gasteiger partial charge in [0.1, 0.15) is 11.5 Å². The molecular formula is C21H27NO3. The van der Waals surface area contributed by atoms with Crippen molar-refractivity contribution >= 4 is 5.91 Å². The fourth-order valence-electron chi connectivity index (χ4n) is 2.62. The van der Waals surface area contributed by atoms with Crippen LogP contribution < -0.4 is 9.47 Å². The molecular weight excluding hydrogens is 314 g/mol. The molecule has 0 aliphatic heterocycles. The van der Waals surface area contributed by atoms with Gasteiger partial charge in [-0.1, -0.05) is 18.2 Å². The van der Waals surface area contributed by atoms with Crippen LogP contribution in [0.15, 0.2) is 36.4 Å². The molecule has 0 fully saturated rings. The Kier molecular flexibility index (Phi) is 6.45. The number of carbonyl (C=O) groups is 1. The molecule has 2 aromatic rings. The van der Waals surface area contributed by atoms with Crippen molar-refractivity contribution in [2.45, 2.75) is 34.2 Å². The SMILES string of the molecule is CCOc1ccc(CN(C)C(=O)COc2cc(C)cc(C)c2C)cc1. The molecule has 1 amide bonds. The lowest BCUT2D eigenvalue weighted by molar-refractivity contribution is -0.132. The first-order valence-corrected chi connectivity index (χ1v) is 8.57. The van der Waals surface area contributed by atoms with Gasteiger partial charge in [0.2, 0.25) is 0 Å². The Morgan fingerprint density at radius 3 is 2.36 bits per heavy atom. The van der Waals surface area contributed by atoms with Gasteiger partial charge >= 0.3 is 0 Å². The maximum atomic E-state index is 12.3. The molecule has 2 aromatic carbocycles. The van der Waals surface area contributed by atoms with Crippen molar-refractivity contribution in [3.8, 4) is 11.5 Å². The van der Waals surface area contributed by atoms with E-state index in [1.54, 1.807) is 11.9 Å². The van der Waals surface area contributed by atoms with Crippen molar-refractivity contribution in [1.82, 2.24) is 4.90 Å². The monoisotopic (exact) mass is 341 g/mol. The first-order valence-electron chi connectivity index (χ1n) is 8.57. The third kappa shape index (κ3) is 5.24. The van der Waals surface area contributed by atoms with Crippen LogP contribution in [0.25, 0.3) is 0 Å². The first kappa shape index (κ1) is 18.8. The molecule has 4 heteroatoms. The highest BCUT2D eigenvalue weighted by Crippen LogP contribution is 2.23. The van der Waals surface area contributed by atoms with E-state index in [1.165, 1.54) is 5.56 Å². The van der Waals surface area contributed by atoms with E-state index in [4.69, 9.17) is 9.47 Å². The third-order valence-electron chi connectivity index (χ3n) is 4.20. The summed E-state index contributed by atoms with van der Waals surface area (Å²) in [5.74, 6) is 1.57. The standard InChI is InChI=1S/C21H27NO3/c1-6-24-19-9-7-18(8-10-19)13-22(5)21(23)14-25-20-12-15(2)11-16(3)17(20)4/h7-12H,6,13-14H2,1-5H3. The quantitative estimate of drug-likeness (QED) is 0.763. The summed E-state index contributed by atoms with van der Waals surface area (Å²) in [6, 6.07) is 11.9. The Hall–Kier alpha value is -2.49. The van der Waals surface area contributed by atoms with E-state index in [9.17, 15) is 4.79 Å². The van der Waals surface area contributed by atoms with Crippen molar-refractivity contribution in [3.05, 3.63) is 58.7 Å². The van der Waals surface area contributed by atoms with Gasteiger partial charge in [-0.3, -0.25) is 4.79 Å². The zero-order valence-corrected chi connectivity index (χ0v) is 15.8. The molecule has 0 radical (unpaired) electrons. The molecule has 0 spiro atoms. The zero-order valence-electron chi connectivity index (χ0n) is 15.8. The summed E-state index contributed by atoms with van der Waals surface area (Å²) in [6.07, 6.45) is 0. The molecule has 2 rings (SSSR count). The number of aryl methyl sites for hydroxylation is 2. The van der Waals surface area contributed by atoms with Gasteiger partial charge in [0.25, 0.3) is 5.91 Å². The molecule has 25 heavy (non-hydrogen) atoms. The molecule has 0 aromatic heterocycles. The van der Waals surface area contributed by atoms with Gasteiger partial charge in [-0.15, -0.1) is 0 Å². The summed E-state index contributed by atoms with van der Waals surface area (Å²) in [7, 11) is 1.79. The Balaban J connectivity index is 1.92. The van der Waals surface area contributed by atoms with Crippen molar-refractivity contribution in [1.29, 1.82) is 0 Å². The molecule has 4 nitrogen and oxygen atoms in total. The Morgan fingerprint density at radius 2 is 1.72 bits per heavy atom. The minimum atomic E-state index is -0.0487. The highest BCUT2D eigenvalue weighted by atomic mass is 16.5. The summed E-state index contributed by atoms with van der Waals surface area (Å²) >= 11 is 0. The van der Waals surface area contributed by atoms with Gasteiger partial charge in [-0.05, 0) is 68.1 Å². The van der Waals surface area contributed by atoms with Gasteiger partial charge in [0.05, 0.1) is 6.61 Å². The topological polar surface area (TPSA) is 38.8 Å². The van der Waals surface area contributed by atoms with Crippen LogP contribution in [0.1, 0.15) is 29.2 Å². The van der Waals surface area contributed by atoms with Gasteiger partial charge in [-0.25, -0.2) is 0 Å². The fourth-order valence-corrected chi connectivity index (χ4v) is 2.62. The van der Waals surface area contributed by atoms with E-state index in [0.29, 0.717) is 13.2 Å². The lowest BCUT2D eigenvalue weighted by Crippen LogP contribution is -2.31. The predicted molar refractivity (Wildman–Crippen MR) is 100 cm³/mol. The van der Waals surface area contributed by atoms with Crippen LogP contribution in [-0.4, -0.2) is 31.1 Å². The molecule has 0 unspecified atom stereocenters. The Morgan fingerprint density at radius 1 is 1.04 bits per heavy atom. The van der Waals surface area contributed by atoms with Crippen molar-refractivity contribution in [2.24, 2.45) is 0 Å². The van der Waals surface area contributed by atoms with Crippen LogP contribution in [0.4, 0.5) is 0 Å². The normalized spacial score (nSPS) is 10.4. The Labute approximate surface area is 150 Å². The molecule has 0 saturated carbocycles. The lowest BCUT2D eigenvalue weighted by atomic mass is 10.1. The number of rotatable bonds is 7. The lowest BCUT2D eigenvalue weighted by Gasteiger charge is -2.19. The van der Waals surface area contributed by atoms with E-state index >= 15 is 0 Å². The van der Waals surface area contributed by atoms with Gasteiger partial charge in [0.15, 0.2) is 6.61 Å². The largest absolute Gasteiger partial charge is 0.494 e. The summed E-state index contributed by atoms with van der Waals surface area (Å²) in [5.41, 5.74) is 4.44. The summed E-state index contributed by atoms with van der Waals surface area (Å²) in [5, 5.41) is 0. The second-order valence-electron chi connectivity index (χ2n) is 6.32. The minimum Gasteiger partial charge on any atom is -0.494 e. The molecule has 0 heterocycles. The maximum absolute atomic E-state index is 12.3. The van der Waals surface area contributed by atoms with Crippen LogP contribution in [-0.2, 0) is 11.3 Å². The highest BCUT2D eigenvalue weighted by Gasteiger charge is 2.12. The molecule has 0 bridgehead atoms. The summed E-state index contributed by atoms with van der Waals surface area (Å²) in [4.78, 5) is 14.0. The number of likely N-dealkylation sites (N-methyl/N-ethyl adjacent to an activating group) is 1. The van der Waals surface area contributed by atoms with Crippen molar-refractivity contribution in [2.75, 3.05) is 20.3 Å². The van der Waals surface area contributed by atoms with E-state index in [-0.39, 0.29) is 12.5 Å². The van der Waals surface area contributed by atoms with Crippen molar-refractivity contribution < 1.29 is 14.3 Å². The van der Waals surface area contributed by atoms with Gasteiger partial charge < -0.3 is 14.4 Å². The third-order valence-corrected chi connectivity index (χ3v) is 4.20. The molecule has 0 saturated heterocycles. The number of amides is 1. The van der Waals surface area contributed by atoms with E-state index < -0.39 is 0 Å². The van der Waals surface area contributed by atoms with Crippen LogP contribution >= 0.6 is 0 Å². The van der Waals surface area contributed by atoms with Crippen LogP contribution in [0.5, 0.6) is 11.5 Å². The molecule has 0 N–H and O–H groups in total. The zero-order chi connectivity index (χ0) is 18.4. The van der Waals surface area contributed by atoms with E-state index in [0.717, 1.165) is 28.2 Å². The smallest absolute Gasteiger partial charge is 0.260 e.